The number of alkyl halides is 3. The standard InChI is InChI=1S/C27H38N6O3.C2HF3O2/c1-3-5-9-18-36-25-19-21(26(34)28-4-2)10-11-24(25)33-20-23(29-30-33)27(35)32-16-12-22(13-17-32)31-14-7-6-8-15-31;3-2(4,5)1(6)7/h3,10-11,19-20,22H,1,4-9,12-18H2,2H3,(H,28,34);(H,6,7). The molecule has 3 heterocycles. The highest BCUT2D eigenvalue weighted by atomic mass is 19.4. The van der Waals surface area contributed by atoms with Crippen molar-refractivity contribution in [2.24, 2.45) is 0 Å². The first kappa shape index (κ1) is 33.6. The Morgan fingerprint density at radius 2 is 1.81 bits per heavy atom. The lowest BCUT2D eigenvalue weighted by Gasteiger charge is -2.40. The van der Waals surface area contributed by atoms with E-state index in [4.69, 9.17) is 14.6 Å². The van der Waals surface area contributed by atoms with Gasteiger partial charge in [0.2, 0.25) is 0 Å². The Morgan fingerprint density at radius 3 is 2.42 bits per heavy atom. The first-order chi connectivity index (χ1) is 20.5. The van der Waals surface area contributed by atoms with Gasteiger partial charge in [-0.05, 0) is 76.7 Å². The lowest BCUT2D eigenvalue weighted by Crippen LogP contribution is -2.48. The average Bonchev–Trinajstić information content (AvgIpc) is 3.49. The van der Waals surface area contributed by atoms with Gasteiger partial charge in [0.05, 0.1) is 12.8 Å². The molecule has 0 atom stereocenters. The minimum Gasteiger partial charge on any atom is -0.491 e. The number of nitrogens with one attached hydrogen (secondary N) is 1. The first-order valence-electron chi connectivity index (χ1n) is 14.5. The highest BCUT2D eigenvalue weighted by Crippen LogP contribution is 2.26. The molecule has 11 nitrogen and oxygen atoms in total. The molecule has 236 valence electrons. The molecule has 1 aromatic heterocycles. The van der Waals surface area contributed by atoms with Crippen LogP contribution in [0.25, 0.3) is 5.69 Å². The van der Waals surface area contributed by atoms with Crippen molar-refractivity contribution in [2.75, 3.05) is 39.3 Å². The molecule has 2 aliphatic heterocycles. The predicted octanol–water partition coefficient (Wildman–Crippen LogP) is 4.09. The largest absolute Gasteiger partial charge is 0.491 e. The van der Waals surface area contributed by atoms with Gasteiger partial charge < -0.3 is 25.0 Å². The van der Waals surface area contributed by atoms with Crippen molar-refractivity contribution in [3.05, 3.63) is 48.3 Å². The number of carboxylic acid groups (broad SMARTS) is 1. The number of ether oxygens (including phenoxy) is 1. The molecule has 2 amide bonds. The summed E-state index contributed by atoms with van der Waals surface area (Å²) in [5.41, 5.74) is 1.46. The summed E-state index contributed by atoms with van der Waals surface area (Å²) in [7, 11) is 0. The third-order valence-corrected chi connectivity index (χ3v) is 7.23. The zero-order valence-corrected chi connectivity index (χ0v) is 24.3. The Hall–Kier alpha value is -3.94. The fourth-order valence-electron chi connectivity index (χ4n) is 4.99. The van der Waals surface area contributed by atoms with E-state index in [2.05, 4.69) is 27.1 Å². The third kappa shape index (κ3) is 9.80. The number of allylic oxidation sites excluding steroid dienone is 1. The Bertz CT molecular complexity index is 1240. The number of aliphatic carboxylic acids is 1. The molecule has 2 saturated heterocycles. The van der Waals surface area contributed by atoms with Gasteiger partial charge in [-0.25, -0.2) is 9.48 Å². The van der Waals surface area contributed by atoms with Gasteiger partial charge in [0.15, 0.2) is 5.69 Å². The zero-order valence-electron chi connectivity index (χ0n) is 24.3. The van der Waals surface area contributed by atoms with Crippen LogP contribution in [0.15, 0.2) is 37.1 Å². The normalized spacial score (nSPS) is 16.1. The minimum atomic E-state index is -5.08. The van der Waals surface area contributed by atoms with Crippen LogP contribution in [0.2, 0.25) is 0 Å². The minimum absolute atomic E-state index is 0.0919. The summed E-state index contributed by atoms with van der Waals surface area (Å²) in [5.74, 6) is -2.49. The molecule has 2 aromatic rings. The molecule has 0 aliphatic carbocycles. The molecule has 0 unspecified atom stereocenters. The van der Waals surface area contributed by atoms with Crippen molar-refractivity contribution in [3.8, 4) is 11.4 Å². The summed E-state index contributed by atoms with van der Waals surface area (Å²) >= 11 is 0. The van der Waals surface area contributed by atoms with Crippen molar-refractivity contribution in [3.63, 3.8) is 0 Å². The quantitative estimate of drug-likeness (QED) is 0.305. The monoisotopic (exact) mass is 608 g/mol. The van der Waals surface area contributed by atoms with Crippen molar-refractivity contribution >= 4 is 17.8 Å². The molecular formula is C29H39F3N6O5. The van der Waals surface area contributed by atoms with Crippen molar-refractivity contribution in [1.29, 1.82) is 0 Å². The van der Waals surface area contributed by atoms with E-state index in [0.29, 0.717) is 41.9 Å². The van der Waals surface area contributed by atoms with Gasteiger partial charge in [-0.15, -0.1) is 11.7 Å². The lowest BCUT2D eigenvalue weighted by molar-refractivity contribution is -0.192. The fourth-order valence-corrected chi connectivity index (χ4v) is 4.99. The molecule has 43 heavy (non-hydrogen) atoms. The van der Waals surface area contributed by atoms with E-state index in [0.717, 1.165) is 38.8 Å². The predicted molar refractivity (Wildman–Crippen MR) is 152 cm³/mol. The average molecular weight is 609 g/mol. The van der Waals surface area contributed by atoms with Crippen LogP contribution in [0.3, 0.4) is 0 Å². The second-order valence-corrected chi connectivity index (χ2v) is 10.3. The van der Waals surface area contributed by atoms with E-state index in [-0.39, 0.29) is 11.8 Å². The first-order valence-corrected chi connectivity index (χ1v) is 14.5. The van der Waals surface area contributed by atoms with Gasteiger partial charge in [-0.2, -0.15) is 13.2 Å². The van der Waals surface area contributed by atoms with Crippen LogP contribution in [-0.4, -0.2) is 99.2 Å². The Morgan fingerprint density at radius 1 is 1.14 bits per heavy atom. The number of halogens is 3. The summed E-state index contributed by atoms with van der Waals surface area (Å²) in [6.45, 7) is 10.5. The fraction of sp³-hybridized carbons (Fsp3) is 0.552. The molecule has 0 saturated carbocycles. The van der Waals surface area contributed by atoms with Crippen LogP contribution in [0.4, 0.5) is 13.2 Å². The number of carbonyl (C=O) groups is 3. The van der Waals surface area contributed by atoms with E-state index in [1.807, 2.05) is 17.9 Å². The number of hydrogen-bond acceptors (Lipinski definition) is 7. The van der Waals surface area contributed by atoms with Crippen LogP contribution in [0, 0.1) is 0 Å². The maximum atomic E-state index is 13.2. The maximum absolute atomic E-state index is 13.2. The highest BCUT2D eigenvalue weighted by Gasteiger charge is 2.38. The number of piperidine rings is 2. The molecule has 4 rings (SSSR count). The third-order valence-electron chi connectivity index (χ3n) is 7.23. The number of carboxylic acids is 1. The van der Waals surface area contributed by atoms with Gasteiger partial charge in [0.1, 0.15) is 11.4 Å². The van der Waals surface area contributed by atoms with Gasteiger partial charge in [-0.1, -0.05) is 17.7 Å². The van der Waals surface area contributed by atoms with Gasteiger partial charge in [-0.3, -0.25) is 9.59 Å². The zero-order chi connectivity index (χ0) is 31.4. The van der Waals surface area contributed by atoms with Crippen LogP contribution in [-0.2, 0) is 4.79 Å². The van der Waals surface area contributed by atoms with E-state index in [1.165, 1.54) is 32.4 Å². The Kier molecular flexibility index (Phi) is 12.5. The van der Waals surface area contributed by atoms with E-state index in [9.17, 15) is 22.8 Å². The second-order valence-electron chi connectivity index (χ2n) is 10.3. The number of hydrogen-bond donors (Lipinski definition) is 2. The summed E-state index contributed by atoms with van der Waals surface area (Å²) in [5, 5.41) is 18.3. The molecule has 14 heteroatoms. The number of rotatable bonds is 10. The molecule has 0 bridgehead atoms. The number of unbranched alkanes of at least 4 members (excludes halogenated alkanes) is 1. The number of likely N-dealkylation sites (tertiary alicyclic amines) is 2. The highest BCUT2D eigenvalue weighted by molar-refractivity contribution is 5.95. The molecule has 0 radical (unpaired) electrons. The number of aromatic nitrogens is 3. The summed E-state index contributed by atoms with van der Waals surface area (Å²) in [4.78, 5) is 38.9. The smallest absolute Gasteiger partial charge is 0.490 e. The van der Waals surface area contributed by atoms with Crippen LogP contribution in [0.5, 0.6) is 5.75 Å². The van der Waals surface area contributed by atoms with Crippen LogP contribution < -0.4 is 10.1 Å². The van der Waals surface area contributed by atoms with Crippen molar-refractivity contribution in [2.45, 2.75) is 64.1 Å². The Labute approximate surface area is 248 Å². The molecule has 2 fully saturated rings. The second kappa shape index (κ2) is 16.1. The summed E-state index contributed by atoms with van der Waals surface area (Å²) in [6, 6.07) is 5.79. The molecule has 2 N–H and O–H groups in total. The number of benzene rings is 1. The molecule has 0 spiro atoms. The number of nitrogens with zero attached hydrogens (tertiary/aromatic N) is 5. The van der Waals surface area contributed by atoms with Crippen LogP contribution >= 0.6 is 0 Å². The number of carbonyl (C=O) groups excluding carboxylic acids is 2. The molecular weight excluding hydrogens is 569 g/mol. The summed E-state index contributed by atoms with van der Waals surface area (Å²) in [6.07, 6.45) is 5.97. The van der Waals surface area contributed by atoms with E-state index < -0.39 is 12.1 Å². The SMILES string of the molecule is C=CCCCOc1cc(C(=O)NCC)ccc1-n1cc(C(=O)N2CCC(N3CCCCC3)CC2)nn1.O=C(O)C(F)(F)F. The van der Waals surface area contributed by atoms with Gasteiger partial charge >= 0.3 is 12.1 Å². The Balaban J connectivity index is 0.000000646. The van der Waals surface area contributed by atoms with E-state index in [1.54, 1.807) is 29.1 Å². The van der Waals surface area contributed by atoms with Crippen molar-refractivity contribution in [1.82, 2.24) is 30.1 Å². The maximum Gasteiger partial charge on any atom is 0.490 e. The number of amides is 2. The van der Waals surface area contributed by atoms with Gasteiger partial charge in [0.25, 0.3) is 11.8 Å². The van der Waals surface area contributed by atoms with E-state index >= 15 is 0 Å². The molecule has 2 aliphatic rings. The van der Waals surface area contributed by atoms with Crippen LogP contribution in [0.1, 0.15) is 72.7 Å². The molecule has 1 aromatic carbocycles. The van der Waals surface area contributed by atoms with Gasteiger partial charge in [0, 0.05) is 31.2 Å². The summed E-state index contributed by atoms with van der Waals surface area (Å²) < 4.78 is 39.3. The van der Waals surface area contributed by atoms with Crippen molar-refractivity contribution < 1.29 is 37.4 Å². The lowest BCUT2D eigenvalue weighted by atomic mass is 10.00. The topological polar surface area (TPSA) is 130 Å².